The highest BCUT2D eigenvalue weighted by Gasteiger charge is 2.24. The Hall–Kier alpha value is -3.61. The third-order valence-corrected chi connectivity index (χ3v) is 4.21. The highest BCUT2D eigenvalue weighted by atomic mass is 19.1. The van der Waals surface area contributed by atoms with Crippen molar-refractivity contribution in [3.8, 4) is 5.75 Å². The van der Waals surface area contributed by atoms with Crippen LogP contribution in [0.3, 0.4) is 0 Å². The maximum atomic E-state index is 13.8. The molecule has 1 atom stereocenters. The molecule has 3 aromatic rings. The molecule has 0 aliphatic carbocycles. The summed E-state index contributed by atoms with van der Waals surface area (Å²) in [5.74, 6) is -1.51. The molecule has 2 aromatic carbocycles. The summed E-state index contributed by atoms with van der Waals surface area (Å²) in [5, 5.41) is 2.63. The first-order valence-corrected chi connectivity index (χ1v) is 8.94. The van der Waals surface area contributed by atoms with Crippen molar-refractivity contribution in [1.29, 1.82) is 0 Å². The molecule has 1 aromatic heterocycles. The van der Waals surface area contributed by atoms with E-state index in [-0.39, 0.29) is 24.5 Å². The number of nitrogens with one attached hydrogen (secondary N) is 1. The molecule has 0 unspecified atom stereocenters. The average Bonchev–Trinajstić information content (AvgIpc) is 3.27. The summed E-state index contributed by atoms with van der Waals surface area (Å²) in [6, 6.07) is 15.7. The van der Waals surface area contributed by atoms with E-state index in [2.05, 4.69) is 5.32 Å². The molecule has 0 fully saturated rings. The van der Waals surface area contributed by atoms with Crippen molar-refractivity contribution in [2.75, 3.05) is 7.11 Å². The molecule has 0 aliphatic heterocycles. The molecule has 3 rings (SSSR count). The van der Waals surface area contributed by atoms with Crippen molar-refractivity contribution >= 4 is 11.9 Å². The molecule has 0 radical (unpaired) electrons. The van der Waals surface area contributed by atoms with Crippen LogP contribution in [0.15, 0.2) is 71.3 Å². The van der Waals surface area contributed by atoms with E-state index in [4.69, 9.17) is 13.9 Å². The fourth-order valence-electron chi connectivity index (χ4n) is 2.73. The zero-order valence-corrected chi connectivity index (χ0v) is 15.8. The monoisotopic (exact) mass is 397 g/mol. The Bertz CT molecular complexity index is 957. The number of carbonyl (C=O) groups excluding carboxylic acids is 2. The first-order valence-electron chi connectivity index (χ1n) is 8.94. The lowest BCUT2D eigenvalue weighted by Crippen LogP contribution is -2.43. The summed E-state index contributed by atoms with van der Waals surface area (Å²) in [7, 11) is 1.37. The molecule has 0 spiro atoms. The second-order valence-electron chi connectivity index (χ2n) is 6.27. The standard InChI is InChI=1S/C22H20FNO5/c1-27-19-10-9-16(12-17(19)23)14-29-22(26)18(13-15-6-3-2-4-7-15)24-21(25)20-8-5-11-28-20/h2-12,18H,13-14H2,1H3,(H,24,25)/t18-/m1/s1. The fraction of sp³-hybridized carbons (Fsp3) is 0.182. The maximum absolute atomic E-state index is 13.8. The van der Waals surface area contributed by atoms with Crippen molar-refractivity contribution in [2.45, 2.75) is 19.1 Å². The lowest BCUT2D eigenvalue weighted by Gasteiger charge is -2.17. The van der Waals surface area contributed by atoms with Gasteiger partial charge in [0.15, 0.2) is 17.3 Å². The zero-order chi connectivity index (χ0) is 20.6. The van der Waals surface area contributed by atoms with E-state index in [1.165, 1.54) is 31.6 Å². The minimum Gasteiger partial charge on any atom is -0.494 e. The Morgan fingerprint density at radius 3 is 2.52 bits per heavy atom. The molecular weight excluding hydrogens is 377 g/mol. The number of amides is 1. The van der Waals surface area contributed by atoms with E-state index in [9.17, 15) is 14.0 Å². The van der Waals surface area contributed by atoms with Gasteiger partial charge in [-0.2, -0.15) is 0 Å². The lowest BCUT2D eigenvalue weighted by atomic mass is 10.1. The number of rotatable bonds is 8. The maximum Gasteiger partial charge on any atom is 0.329 e. The number of ether oxygens (including phenoxy) is 2. The highest BCUT2D eigenvalue weighted by molar-refractivity contribution is 5.94. The number of esters is 1. The van der Waals surface area contributed by atoms with Crippen LogP contribution in [-0.4, -0.2) is 25.0 Å². The molecule has 1 amide bonds. The van der Waals surface area contributed by atoms with Gasteiger partial charge in [-0.1, -0.05) is 36.4 Å². The molecule has 6 nitrogen and oxygen atoms in total. The van der Waals surface area contributed by atoms with Gasteiger partial charge >= 0.3 is 5.97 Å². The largest absolute Gasteiger partial charge is 0.494 e. The molecule has 150 valence electrons. The number of methoxy groups -OCH3 is 1. The van der Waals surface area contributed by atoms with Crippen molar-refractivity contribution in [2.24, 2.45) is 0 Å². The van der Waals surface area contributed by atoms with Crippen molar-refractivity contribution in [3.05, 3.63) is 89.6 Å². The molecule has 0 bridgehead atoms. The quantitative estimate of drug-likeness (QED) is 0.589. The van der Waals surface area contributed by atoms with Crippen LogP contribution in [0.5, 0.6) is 5.75 Å². The Morgan fingerprint density at radius 1 is 1.07 bits per heavy atom. The van der Waals surface area contributed by atoms with Crippen LogP contribution in [0.25, 0.3) is 0 Å². The normalized spacial score (nSPS) is 11.5. The predicted octanol–water partition coefficient (Wildman–Crippen LogP) is 3.51. The minimum atomic E-state index is -0.932. The summed E-state index contributed by atoms with van der Waals surface area (Å²) < 4.78 is 29.1. The van der Waals surface area contributed by atoms with Crippen LogP contribution in [0.4, 0.5) is 4.39 Å². The number of benzene rings is 2. The van der Waals surface area contributed by atoms with Gasteiger partial charge in [-0.25, -0.2) is 9.18 Å². The van der Waals surface area contributed by atoms with E-state index in [0.29, 0.717) is 5.56 Å². The SMILES string of the molecule is COc1ccc(COC(=O)[C@@H](Cc2ccccc2)NC(=O)c2ccco2)cc1F. The average molecular weight is 397 g/mol. The first kappa shape index (κ1) is 20.1. The van der Waals surface area contributed by atoms with Gasteiger partial charge in [-0.15, -0.1) is 0 Å². The third kappa shape index (κ3) is 5.44. The number of furan rings is 1. The van der Waals surface area contributed by atoms with Gasteiger partial charge < -0.3 is 19.2 Å². The predicted molar refractivity (Wildman–Crippen MR) is 103 cm³/mol. The minimum absolute atomic E-state index is 0.0908. The van der Waals surface area contributed by atoms with Crippen LogP contribution in [0.2, 0.25) is 0 Å². The van der Waals surface area contributed by atoms with E-state index in [0.717, 1.165) is 5.56 Å². The van der Waals surface area contributed by atoms with Gasteiger partial charge in [-0.3, -0.25) is 4.79 Å². The van der Waals surface area contributed by atoms with Crippen LogP contribution >= 0.6 is 0 Å². The number of carbonyl (C=O) groups is 2. The van der Waals surface area contributed by atoms with Crippen molar-refractivity contribution < 1.29 is 27.9 Å². The number of hydrogen-bond acceptors (Lipinski definition) is 5. The molecule has 29 heavy (non-hydrogen) atoms. The first-order chi connectivity index (χ1) is 14.1. The Labute approximate surface area is 167 Å². The van der Waals surface area contributed by atoms with Crippen LogP contribution in [0, 0.1) is 5.82 Å². The van der Waals surface area contributed by atoms with Crippen LogP contribution < -0.4 is 10.1 Å². The van der Waals surface area contributed by atoms with Gasteiger partial charge in [0.25, 0.3) is 5.91 Å². The highest BCUT2D eigenvalue weighted by Crippen LogP contribution is 2.18. The molecule has 1 heterocycles. The molecule has 0 aliphatic rings. The lowest BCUT2D eigenvalue weighted by molar-refractivity contribution is -0.147. The summed E-state index contributed by atoms with van der Waals surface area (Å²) >= 11 is 0. The summed E-state index contributed by atoms with van der Waals surface area (Å²) in [6.07, 6.45) is 1.61. The second-order valence-corrected chi connectivity index (χ2v) is 6.27. The summed E-state index contributed by atoms with van der Waals surface area (Å²) in [5.41, 5.74) is 1.32. The zero-order valence-electron chi connectivity index (χ0n) is 15.8. The van der Waals surface area contributed by atoms with Gasteiger partial charge in [-0.05, 0) is 35.4 Å². The van der Waals surface area contributed by atoms with Gasteiger partial charge in [0.1, 0.15) is 12.6 Å². The number of halogens is 1. The molecule has 7 heteroatoms. The van der Waals surface area contributed by atoms with Crippen molar-refractivity contribution in [3.63, 3.8) is 0 Å². The molecule has 0 saturated carbocycles. The van der Waals surface area contributed by atoms with Gasteiger partial charge in [0.05, 0.1) is 13.4 Å². The molecular formula is C22H20FNO5. The fourth-order valence-corrected chi connectivity index (χ4v) is 2.73. The molecule has 1 N–H and O–H groups in total. The van der Waals surface area contributed by atoms with Crippen molar-refractivity contribution in [1.82, 2.24) is 5.32 Å². The number of hydrogen-bond donors (Lipinski definition) is 1. The Kier molecular flexibility index (Phi) is 6.63. The van der Waals surface area contributed by atoms with Crippen LogP contribution in [-0.2, 0) is 22.6 Å². The summed E-state index contributed by atoms with van der Waals surface area (Å²) in [6.45, 7) is -0.137. The second kappa shape index (κ2) is 9.54. The molecule has 0 saturated heterocycles. The Morgan fingerprint density at radius 2 is 1.86 bits per heavy atom. The van der Waals surface area contributed by atoms with Crippen LogP contribution in [0.1, 0.15) is 21.7 Å². The summed E-state index contributed by atoms with van der Waals surface area (Å²) in [4.78, 5) is 25.0. The smallest absolute Gasteiger partial charge is 0.329 e. The van der Waals surface area contributed by atoms with Gasteiger partial charge in [0.2, 0.25) is 0 Å². The Balaban J connectivity index is 1.69. The van der Waals surface area contributed by atoms with E-state index < -0.39 is 23.7 Å². The third-order valence-electron chi connectivity index (χ3n) is 4.21. The van der Waals surface area contributed by atoms with E-state index in [1.807, 2.05) is 30.3 Å². The van der Waals surface area contributed by atoms with Gasteiger partial charge in [0, 0.05) is 6.42 Å². The van der Waals surface area contributed by atoms with E-state index >= 15 is 0 Å². The topological polar surface area (TPSA) is 77.8 Å². The van der Waals surface area contributed by atoms with E-state index in [1.54, 1.807) is 12.1 Å².